The van der Waals surface area contributed by atoms with E-state index in [-0.39, 0.29) is 10.6 Å². The van der Waals surface area contributed by atoms with Crippen LogP contribution in [0.5, 0.6) is 5.75 Å². The summed E-state index contributed by atoms with van der Waals surface area (Å²) in [6, 6.07) is 5.71. The van der Waals surface area contributed by atoms with Gasteiger partial charge in [-0.3, -0.25) is 10.1 Å². The van der Waals surface area contributed by atoms with Gasteiger partial charge < -0.3 is 10.1 Å². The molecule has 5 heteroatoms. The molecule has 21 heavy (non-hydrogen) atoms. The highest BCUT2D eigenvalue weighted by atomic mass is 16.6. The molecule has 1 N–H and O–H groups in total. The number of benzene rings is 1. The standard InChI is InChI=1S/C16H22N2O3/c1-2-10-21-14-5-3-4-13(16(14)18(19)20)17-15(11-6-7-11)12-8-9-12/h3-5,11-12,15,17H,2,6-10H2,1H3. The summed E-state index contributed by atoms with van der Waals surface area (Å²) in [6.07, 6.45) is 5.81. The van der Waals surface area contributed by atoms with E-state index in [0.717, 1.165) is 6.42 Å². The first kappa shape index (κ1) is 14.2. The molecule has 5 nitrogen and oxygen atoms in total. The van der Waals surface area contributed by atoms with Gasteiger partial charge in [-0.2, -0.15) is 0 Å². The molecule has 3 rings (SSSR count). The summed E-state index contributed by atoms with van der Waals surface area (Å²) in [4.78, 5) is 11.1. The van der Waals surface area contributed by atoms with E-state index >= 15 is 0 Å². The molecule has 2 aliphatic rings. The number of rotatable bonds is 8. The van der Waals surface area contributed by atoms with Gasteiger partial charge in [-0.15, -0.1) is 0 Å². The van der Waals surface area contributed by atoms with Gasteiger partial charge in [0.25, 0.3) is 0 Å². The highest BCUT2D eigenvalue weighted by Gasteiger charge is 2.42. The quantitative estimate of drug-likeness (QED) is 0.581. The van der Waals surface area contributed by atoms with Crippen molar-refractivity contribution in [2.24, 2.45) is 11.8 Å². The van der Waals surface area contributed by atoms with E-state index in [9.17, 15) is 10.1 Å². The molecule has 0 unspecified atom stereocenters. The maximum Gasteiger partial charge on any atom is 0.333 e. The van der Waals surface area contributed by atoms with E-state index in [2.05, 4.69) is 5.32 Å². The lowest BCUT2D eigenvalue weighted by molar-refractivity contribution is -0.385. The van der Waals surface area contributed by atoms with Gasteiger partial charge >= 0.3 is 5.69 Å². The summed E-state index contributed by atoms with van der Waals surface area (Å²) in [6.45, 7) is 2.49. The summed E-state index contributed by atoms with van der Waals surface area (Å²) in [5, 5.41) is 14.9. The van der Waals surface area contributed by atoms with E-state index in [1.165, 1.54) is 25.7 Å². The van der Waals surface area contributed by atoms with Crippen molar-refractivity contribution in [1.29, 1.82) is 0 Å². The zero-order valence-electron chi connectivity index (χ0n) is 12.4. The summed E-state index contributed by atoms with van der Waals surface area (Å²) >= 11 is 0. The van der Waals surface area contributed by atoms with Crippen molar-refractivity contribution in [1.82, 2.24) is 0 Å². The monoisotopic (exact) mass is 290 g/mol. The minimum Gasteiger partial charge on any atom is -0.487 e. The van der Waals surface area contributed by atoms with Gasteiger partial charge in [0.1, 0.15) is 5.69 Å². The first-order valence-electron chi connectivity index (χ1n) is 7.87. The summed E-state index contributed by atoms with van der Waals surface area (Å²) in [7, 11) is 0. The third-order valence-electron chi connectivity index (χ3n) is 4.23. The lowest BCUT2D eigenvalue weighted by Crippen LogP contribution is -2.24. The molecule has 0 radical (unpaired) electrons. The van der Waals surface area contributed by atoms with Gasteiger partial charge in [0.05, 0.1) is 11.5 Å². The third kappa shape index (κ3) is 3.28. The average Bonchev–Trinajstić information content (AvgIpc) is 3.35. The Morgan fingerprint density at radius 2 is 2.00 bits per heavy atom. The van der Waals surface area contributed by atoms with Gasteiger partial charge in [-0.05, 0) is 56.1 Å². The van der Waals surface area contributed by atoms with Crippen molar-refractivity contribution in [3.63, 3.8) is 0 Å². The minimum atomic E-state index is -0.329. The lowest BCUT2D eigenvalue weighted by atomic mass is 10.1. The van der Waals surface area contributed by atoms with Crippen LogP contribution in [0, 0.1) is 22.0 Å². The molecule has 114 valence electrons. The lowest BCUT2D eigenvalue weighted by Gasteiger charge is -2.19. The smallest absolute Gasteiger partial charge is 0.333 e. The van der Waals surface area contributed by atoms with Gasteiger partial charge in [-0.25, -0.2) is 0 Å². The Labute approximate surface area is 124 Å². The van der Waals surface area contributed by atoms with E-state index in [1.807, 2.05) is 13.0 Å². The highest BCUT2D eigenvalue weighted by Crippen LogP contribution is 2.47. The predicted octanol–water partition coefficient (Wildman–Crippen LogP) is 3.98. The van der Waals surface area contributed by atoms with Crippen LogP contribution in [0.1, 0.15) is 39.0 Å². The first-order chi connectivity index (χ1) is 10.2. The van der Waals surface area contributed by atoms with Gasteiger partial charge in [-0.1, -0.05) is 13.0 Å². The summed E-state index contributed by atoms with van der Waals surface area (Å²) in [5.74, 6) is 1.76. The Morgan fingerprint density at radius 1 is 1.33 bits per heavy atom. The summed E-state index contributed by atoms with van der Waals surface area (Å²) in [5.41, 5.74) is 0.689. The highest BCUT2D eigenvalue weighted by molar-refractivity contribution is 5.69. The summed E-state index contributed by atoms with van der Waals surface area (Å²) < 4.78 is 5.54. The molecule has 0 atom stereocenters. The SMILES string of the molecule is CCCOc1cccc(NC(C2CC2)C2CC2)c1[N+](=O)[O-]. The Bertz CT molecular complexity index is 512. The number of nitro groups is 1. The topological polar surface area (TPSA) is 64.4 Å². The fourth-order valence-corrected chi connectivity index (χ4v) is 2.87. The maximum absolute atomic E-state index is 11.4. The van der Waals surface area contributed by atoms with Crippen LogP contribution in [0.4, 0.5) is 11.4 Å². The predicted molar refractivity (Wildman–Crippen MR) is 81.7 cm³/mol. The molecule has 0 spiro atoms. The molecule has 1 aromatic carbocycles. The third-order valence-corrected chi connectivity index (χ3v) is 4.23. The molecular formula is C16H22N2O3. The van der Waals surface area contributed by atoms with E-state index in [4.69, 9.17) is 4.74 Å². The zero-order valence-corrected chi connectivity index (χ0v) is 12.4. The van der Waals surface area contributed by atoms with Crippen molar-refractivity contribution in [3.8, 4) is 5.75 Å². The molecule has 0 aliphatic heterocycles. The van der Waals surface area contributed by atoms with E-state index in [0.29, 0.717) is 35.9 Å². The number of nitro benzene ring substituents is 1. The number of nitrogens with one attached hydrogen (secondary N) is 1. The second kappa shape index (κ2) is 5.92. The van der Waals surface area contributed by atoms with Crippen LogP contribution in [0.15, 0.2) is 18.2 Å². The molecule has 0 aromatic heterocycles. The van der Waals surface area contributed by atoms with Gasteiger partial charge in [0, 0.05) is 6.04 Å². The molecule has 1 aromatic rings. The molecule has 0 saturated heterocycles. The largest absolute Gasteiger partial charge is 0.487 e. The zero-order chi connectivity index (χ0) is 14.8. The van der Waals surface area contributed by atoms with E-state index < -0.39 is 0 Å². The number of nitrogens with zero attached hydrogens (tertiary/aromatic N) is 1. The number of hydrogen-bond acceptors (Lipinski definition) is 4. The van der Waals surface area contributed by atoms with Crippen LogP contribution in [0.25, 0.3) is 0 Å². The molecular weight excluding hydrogens is 268 g/mol. The molecule has 0 bridgehead atoms. The minimum absolute atomic E-state index is 0.0808. The number of hydrogen-bond donors (Lipinski definition) is 1. The second-order valence-corrected chi connectivity index (χ2v) is 6.10. The van der Waals surface area contributed by atoms with Crippen LogP contribution < -0.4 is 10.1 Å². The van der Waals surface area contributed by atoms with Crippen molar-refractivity contribution in [2.75, 3.05) is 11.9 Å². The normalized spacial score (nSPS) is 17.8. The van der Waals surface area contributed by atoms with Crippen LogP contribution in [-0.4, -0.2) is 17.6 Å². The first-order valence-corrected chi connectivity index (χ1v) is 7.87. The number of para-hydroxylation sites is 1. The molecule has 0 heterocycles. The van der Waals surface area contributed by atoms with Gasteiger partial charge in [0.15, 0.2) is 5.75 Å². The molecule has 2 fully saturated rings. The Hall–Kier alpha value is -1.78. The van der Waals surface area contributed by atoms with Crippen molar-refractivity contribution < 1.29 is 9.66 Å². The van der Waals surface area contributed by atoms with Crippen molar-refractivity contribution in [2.45, 2.75) is 45.1 Å². The molecule has 2 aliphatic carbocycles. The van der Waals surface area contributed by atoms with Crippen molar-refractivity contribution in [3.05, 3.63) is 28.3 Å². The van der Waals surface area contributed by atoms with Gasteiger partial charge in [0.2, 0.25) is 0 Å². The van der Waals surface area contributed by atoms with Crippen LogP contribution in [-0.2, 0) is 0 Å². The fraction of sp³-hybridized carbons (Fsp3) is 0.625. The number of ether oxygens (including phenoxy) is 1. The fourth-order valence-electron chi connectivity index (χ4n) is 2.87. The Morgan fingerprint density at radius 3 is 2.52 bits per heavy atom. The van der Waals surface area contributed by atoms with E-state index in [1.54, 1.807) is 12.1 Å². The maximum atomic E-state index is 11.4. The second-order valence-electron chi connectivity index (χ2n) is 6.10. The molecule has 2 saturated carbocycles. The Balaban J connectivity index is 1.83. The van der Waals surface area contributed by atoms with Crippen LogP contribution in [0.2, 0.25) is 0 Å². The number of anilines is 1. The molecule has 0 amide bonds. The van der Waals surface area contributed by atoms with Crippen LogP contribution >= 0.6 is 0 Å². The van der Waals surface area contributed by atoms with Crippen molar-refractivity contribution >= 4 is 11.4 Å². The Kier molecular flexibility index (Phi) is 3.99. The van der Waals surface area contributed by atoms with Crippen LogP contribution in [0.3, 0.4) is 0 Å². The average molecular weight is 290 g/mol.